The zero-order valence-corrected chi connectivity index (χ0v) is 14.6. The lowest BCUT2D eigenvalue weighted by Gasteiger charge is -2.19. The first-order valence-electron chi connectivity index (χ1n) is 7.42. The number of pyridine rings is 1. The molecule has 1 unspecified atom stereocenters. The number of hydrogen-bond acceptors (Lipinski definition) is 6. The Balaban J connectivity index is 0.000000527. The molecule has 10 heteroatoms. The van der Waals surface area contributed by atoms with Crippen molar-refractivity contribution >= 4 is 23.5 Å². The fourth-order valence-corrected chi connectivity index (χ4v) is 2.03. The van der Waals surface area contributed by atoms with E-state index in [4.69, 9.17) is 47.1 Å². The SMILES string of the molecule is N#Cc1cc(F)c(Cl)cc1OC(CCN)c1cccnc1.O=C(O)C(=O)O. The summed E-state index contributed by atoms with van der Waals surface area (Å²) in [6.45, 7) is 0.399. The Morgan fingerprint density at radius 3 is 2.52 bits per heavy atom. The first-order chi connectivity index (χ1) is 12.8. The number of aliphatic carboxylic acids is 2. The maximum absolute atomic E-state index is 13.4. The molecule has 2 rings (SSSR count). The van der Waals surface area contributed by atoms with Crippen LogP contribution in [0.3, 0.4) is 0 Å². The van der Waals surface area contributed by atoms with Gasteiger partial charge in [-0.3, -0.25) is 4.98 Å². The highest BCUT2D eigenvalue weighted by Crippen LogP contribution is 2.30. The van der Waals surface area contributed by atoms with Gasteiger partial charge in [0.25, 0.3) is 0 Å². The van der Waals surface area contributed by atoms with Gasteiger partial charge in [-0.2, -0.15) is 5.26 Å². The van der Waals surface area contributed by atoms with Gasteiger partial charge in [0, 0.05) is 30.4 Å². The Kier molecular flexibility index (Phi) is 8.65. The highest BCUT2D eigenvalue weighted by atomic mass is 35.5. The van der Waals surface area contributed by atoms with E-state index in [1.807, 2.05) is 12.1 Å². The molecular formula is C17H15ClFN3O5. The van der Waals surface area contributed by atoms with Crippen LogP contribution in [-0.2, 0) is 9.59 Å². The number of aromatic nitrogens is 1. The largest absolute Gasteiger partial charge is 0.484 e. The molecule has 1 aromatic heterocycles. The van der Waals surface area contributed by atoms with Gasteiger partial charge in [0.1, 0.15) is 23.7 Å². The third-order valence-corrected chi connectivity index (χ3v) is 3.37. The monoisotopic (exact) mass is 395 g/mol. The van der Waals surface area contributed by atoms with Crippen molar-refractivity contribution in [3.8, 4) is 11.8 Å². The Labute approximate surface area is 158 Å². The summed E-state index contributed by atoms with van der Waals surface area (Å²) in [6, 6.07) is 7.88. The van der Waals surface area contributed by atoms with Gasteiger partial charge in [0.15, 0.2) is 0 Å². The van der Waals surface area contributed by atoms with Crippen LogP contribution in [0.4, 0.5) is 4.39 Å². The summed E-state index contributed by atoms with van der Waals surface area (Å²) in [5.41, 5.74) is 6.51. The summed E-state index contributed by atoms with van der Waals surface area (Å²) in [4.78, 5) is 22.2. The molecule has 0 saturated carbocycles. The Morgan fingerprint density at radius 2 is 2.04 bits per heavy atom. The number of hydrogen-bond donors (Lipinski definition) is 3. The third kappa shape index (κ3) is 6.89. The molecule has 0 aliphatic rings. The molecule has 0 saturated heterocycles. The Morgan fingerprint density at radius 1 is 1.37 bits per heavy atom. The highest BCUT2D eigenvalue weighted by Gasteiger charge is 2.17. The molecule has 27 heavy (non-hydrogen) atoms. The van der Waals surface area contributed by atoms with E-state index < -0.39 is 17.8 Å². The third-order valence-electron chi connectivity index (χ3n) is 3.08. The van der Waals surface area contributed by atoms with Crippen LogP contribution in [0.5, 0.6) is 5.75 Å². The fourth-order valence-electron chi connectivity index (χ4n) is 1.88. The molecule has 0 amide bonds. The molecule has 0 radical (unpaired) electrons. The number of halogens is 2. The molecule has 0 bridgehead atoms. The van der Waals surface area contributed by atoms with Gasteiger partial charge in [-0.1, -0.05) is 17.7 Å². The second kappa shape index (κ2) is 10.7. The number of rotatable bonds is 5. The zero-order valence-electron chi connectivity index (χ0n) is 13.8. The first kappa shape index (κ1) is 21.8. The number of nitrogens with two attached hydrogens (primary N) is 1. The lowest BCUT2D eigenvalue weighted by atomic mass is 10.1. The Bertz CT molecular complexity index is 830. The molecule has 4 N–H and O–H groups in total. The minimum absolute atomic E-state index is 0.0859. The molecule has 8 nitrogen and oxygen atoms in total. The van der Waals surface area contributed by atoms with Gasteiger partial charge in [0.2, 0.25) is 0 Å². The maximum Gasteiger partial charge on any atom is 0.414 e. The van der Waals surface area contributed by atoms with Gasteiger partial charge in [-0.25, -0.2) is 14.0 Å². The number of ether oxygens (including phenoxy) is 1. The molecule has 1 atom stereocenters. The number of benzene rings is 1. The van der Waals surface area contributed by atoms with Crippen LogP contribution < -0.4 is 10.5 Å². The normalized spacial score (nSPS) is 10.7. The number of carboxylic acids is 2. The van der Waals surface area contributed by atoms with Crippen LogP contribution in [-0.4, -0.2) is 33.7 Å². The number of nitrogens with zero attached hydrogens (tertiary/aromatic N) is 2. The lowest BCUT2D eigenvalue weighted by molar-refractivity contribution is -0.159. The summed E-state index contributed by atoms with van der Waals surface area (Å²) in [7, 11) is 0. The standard InChI is InChI=1S/C15H13ClFN3O.C2H2O4/c16-12-7-15(11(8-19)6-13(12)17)21-14(3-4-18)10-2-1-5-20-9-10;3-1(4)2(5)6/h1-2,5-7,9,14H,3-4,18H2;(H,3,4)(H,5,6). The van der Waals surface area contributed by atoms with E-state index in [1.165, 1.54) is 6.07 Å². The van der Waals surface area contributed by atoms with Crippen LogP contribution in [0.1, 0.15) is 23.7 Å². The summed E-state index contributed by atoms with van der Waals surface area (Å²) in [5.74, 6) is -4.08. The second-order valence-electron chi connectivity index (χ2n) is 4.95. The minimum Gasteiger partial charge on any atom is -0.484 e. The molecule has 0 aliphatic carbocycles. The van der Waals surface area contributed by atoms with E-state index in [2.05, 4.69) is 4.98 Å². The molecular weight excluding hydrogens is 381 g/mol. The van der Waals surface area contributed by atoms with Gasteiger partial charge in [0.05, 0.1) is 10.6 Å². The molecule has 142 valence electrons. The predicted molar refractivity (Wildman–Crippen MR) is 92.7 cm³/mol. The maximum atomic E-state index is 13.4. The van der Waals surface area contributed by atoms with E-state index in [9.17, 15) is 4.39 Å². The second-order valence-corrected chi connectivity index (χ2v) is 5.36. The van der Waals surface area contributed by atoms with Gasteiger partial charge in [-0.15, -0.1) is 0 Å². The smallest absolute Gasteiger partial charge is 0.414 e. The molecule has 0 spiro atoms. The van der Waals surface area contributed by atoms with Crippen molar-refractivity contribution in [2.24, 2.45) is 5.73 Å². The molecule has 0 fully saturated rings. The number of nitriles is 1. The van der Waals surface area contributed by atoms with Crippen LogP contribution >= 0.6 is 11.6 Å². The van der Waals surface area contributed by atoms with Gasteiger partial charge in [-0.05, 0) is 18.7 Å². The van der Waals surface area contributed by atoms with Crippen LogP contribution in [0.25, 0.3) is 0 Å². The van der Waals surface area contributed by atoms with Crippen LogP contribution in [0, 0.1) is 17.1 Å². The lowest BCUT2D eigenvalue weighted by Crippen LogP contribution is -2.14. The predicted octanol–water partition coefficient (Wildman–Crippen LogP) is 2.37. The zero-order chi connectivity index (χ0) is 20.4. The summed E-state index contributed by atoms with van der Waals surface area (Å²) in [6.07, 6.45) is 3.47. The van der Waals surface area contributed by atoms with Crippen molar-refractivity contribution in [1.29, 1.82) is 5.26 Å². The summed E-state index contributed by atoms with van der Waals surface area (Å²) < 4.78 is 19.2. The van der Waals surface area contributed by atoms with E-state index >= 15 is 0 Å². The van der Waals surface area contributed by atoms with Gasteiger partial charge < -0.3 is 20.7 Å². The highest BCUT2D eigenvalue weighted by molar-refractivity contribution is 6.30. The van der Waals surface area contributed by atoms with Crippen LogP contribution in [0.2, 0.25) is 5.02 Å². The van der Waals surface area contributed by atoms with E-state index in [0.717, 1.165) is 11.6 Å². The fraction of sp³-hybridized carbons (Fsp3) is 0.176. The van der Waals surface area contributed by atoms with Crippen molar-refractivity contribution in [2.75, 3.05) is 6.54 Å². The topological polar surface area (TPSA) is 147 Å². The van der Waals surface area contributed by atoms with Crippen molar-refractivity contribution in [1.82, 2.24) is 4.98 Å². The average Bonchev–Trinajstić information content (AvgIpc) is 2.65. The Hall–Kier alpha value is -3.22. The first-order valence-corrected chi connectivity index (χ1v) is 7.80. The molecule has 1 aromatic carbocycles. The molecule has 2 aromatic rings. The van der Waals surface area contributed by atoms with Crippen molar-refractivity contribution in [3.63, 3.8) is 0 Å². The quantitative estimate of drug-likeness (QED) is 0.653. The van der Waals surface area contributed by atoms with Crippen molar-refractivity contribution in [2.45, 2.75) is 12.5 Å². The summed E-state index contributed by atoms with van der Waals surface area (Å²) in [5, 5.41) is 23.8. The van der Waals surface area contributed by atoms with E-state index in [-0.39, 0.29) is 22.4 Å². The number of carboxylic acid groups (broad SMARTS) is 2. The minimum atomic E-state index is -1.82. The van der Waals surface area contributed by atoms with E-state index in [1.54, 1.807) is 18.5 Å². The van der Waals surface area contributed by atoms with E-state index in [0.29, 0.717) is 13.0 Å². The van der Waals surface area contributed by atoms with Crippen molar-refractivity contribution in [3.05, 3.63) is 58.6 Å². The summed E-state index contributed by atoms with van der Waals surface area (Å²) >= 11 is 5.75. The van der Waals surface area contributed by atoms with Gasteiger partial charge >= 0.3 is 11.9 Å². The molecule has 1 heterocycles. The van der Waals surface area contributed by atoms with Crippen molar-refractivity contribution < 1.29 is 28.9 Å². The molecule has 0 aliphatic heterocycles. The average molecular weight is 396 g/mol. The van der Waals surface area contributed by atoms with Crippen LogP contribution in [0.15, 0.2) is 36.7 Å². The number of carbonyl (C=O) groups is 2.